The SMILES string of the molecule is CC(C)Cc1noc([C@@H]2CCCN(Cc3nc(-c4ccco4)no3)C2)n1. The molecule has 4 heterocycles. The maximum Gasteiger partial charge on any atom is 0.241 e. The number of hydrogen-bond acceptors (Lipinski definition) is 8. The lowest BCUT2D eigenvalue weighted by Crippen LogP contribution is -2.34. The summed E-state index contributed by atoms with van der Waals surface area (Å²) < 4.78 is 16.2. The Balaban J connectivity index is 1.38. The van der Waals surface area contributed by atoms with Crippen molar-refractivity contribution < 1.29 is 13.5 Å². The van der Waals surface area contributed by atoms with Crippen LogP contribution in [-0.4, -0.2) is 38.3 Å². The molecule has 0 saturated carbocycles. The smallest absolute Gasteiger partial charge is 0.241 e. The number of nitrogens with zero attached hydrogens (tertiary/aromatic N) is 5. The number of aromatic nitrogens is 4. The van der Waals surface area contributed by atoms with E-state index in [0.717, 1.165) is 44.1 Å². The molecule has 0 spiro atoms. The van der Waals surface area contributed by atoms with Crippen molar-refractivity contribution in [2.75, 3.05) is 13.1 Å². The standard InChI is InChI=1S/C18H23N5O3/c1-12(2)9-15-19-18(26-21-15)13-5-3-7-23(10-13)11-16-20-17(22-25-16)14-6-4-8-24-14/h4,6,8,12-13H,3,5,7,9-11H2,1-2H3/t13-/m1/s1. The van der Waals surface area contributed by atoms with Gasteiger partial charge in [0.05, 0.1) is 18.7 Å². The van der Waals surface area contributed by atoms with Gasteiger partial charge in [0.2, 0.25) is 17.6 Å². The fourth-order valence-electron chi connectivity index (χ4n) is 3.30. The van der Waals surface area contributed by atoms with Gasteiger partial charge in [-0.25, -0.2) is 0 Å². The van der Waals surface area contributed by atoms with Crippen molar-refractivity contribution in [3.8, 4) is 11.6 Å². The van der Waals surface area contributed by atoms with Crippen LogP contribution in [0, 0.1) is 5.92 Å². The topological polar surface area (TPSA) is 94.2 Å². The molecule has 0 radical (unpaired) electrons. The van der Waals surface area contributed by atoms with Gasteiger partial charge in [0.25, 0.3) is 0 Å². The molecule has 8 heteroatoms. The minimum atomic E-state index is 0.254. The van der Waals surface area contributed by atoms with E-state index in [-0.39, 0.29) is 5.92 Å². The number of hydrogen-bond donors (Lipinski definition) is 0. The minimum Gasteiger partial charge on any atom is -0.461 e. The summed E-state index contributed by atoms with van der Waals surface area (Å²) in [6.45, 7) is 6.75. The minimum absolute atomic E-state index is 0.254. The van der Waals surface area contributed by atoms with Crippen LogP contribution >= 0.6 is 0 Å². The van der Waals surface area contributed by atoms with E-state index in [9.17, 15) is 0 Å². The Labute approximate surface area is 151 Å². The Hall–Kier alpha value is -2.48. The lowest BCUT2D eigenvalue weighted by Gasteiger charge is -2.29. The van der Waals surface area contributed by atoms with Crippen LogP contribution in [0.2, 0.25) is 0 Å². The summed E-state index contributed by atoms with van der Waals surface area (Å²) in [5.74, 6) is 3.99. The summed E-state index contributed by atoms with van der Waals surface area (Å²) in [4.78, 5) is 11.3. The van der Waals surface area contributed by atoms with E-state index in [0.29, 0.717) is 29.9 Å². The van der Waals surface area contributed by atoms with Crippen LogP contribution in [0.3, 0.4) is 0 Å². The quantitative estimate of drug-likeness (QED) is 0.663. The Morgan fingerprint density at radius 2 is 2.15 bits per heavy atom. The second-order valence-electron chi connectivity index (χ2n) is 7.21. The van der Waals surface area contributed by atoms with E-state index in [4.69, 9.17) is 13.5 Å². The average molecular weight is 357 g/mol. The summed E-state index contributed by atoms with van der Waals surface area (Å²) in [5.41, 5.74) is 0. The molecule has 0 amide bonds. The van der Waals surface area contributed by atoms with E-state index >= 15 is 0 Å². The molecule has 26 heavy (non-hydrogen) atoms. The fraction of sp³-hybridized carbons (Fsp3) is 0.556. The van der Waals surface area contributed by atoms with Crippen LogP contribution in [0.15, 0.2) is 31.9 Å². The molecule has 1 aliphatic rings. The first kappa shape index (κ1) is 17.0. The third-order valence-electron chi connectivity index (χ3n) is 4.50. The van der Waals surface area contributed by atoms with Crippen molar-refractivity contribution >= 4 is 0 Å². The van der Waals surface area contributed by atoms with Gasteiger partial charge in [-0.15, -0.1) is 0 Å². The maximum absolute atomic E-state index is 5.51. The van der Waals surface area contributed by atoms with Crippen molar-refractivity contribution in [1.82, 2.24) is 25.2 Å². The first-order valence-electron chi connectivity index (χ1n) is 9.08. The zero-order chi connectivity index (χ0) is 17.9. The van der Waals surface area contributed by atoms with Crippen molar-refractivity contribution in [1.29, 1.82) is 0 Å². The molecule has 0 N–H and O–H groups in total. The average Bonchev–Trinajstić information content (AvgIpc) is 3.36. The van der Waals surface area contributed by atoms with E-state index in [1.807, 2.05) is 6.07 Å². The zero-order valence-electron chi connectivity index (χ0n) is 15.1. The highest BCUT2D eigenvalue weighted by atomic mass is 16.5. The van der Waals surface area contributed by atoms with Crippen LogP contribution in [0.4, 0.5) is 0 Å². The molecule has 4 rings (SSSR count). The molecule has 1 fully saturated rings. The molecule has 138 valence electrons. The van der Waals surface area contributed by atoms with Gasteiger partial charge < -0.3 is 13.5 Å². The van der Waals surface area contributed by atoms with Crippen LogP contribution in [0.5, 0.6) is 0 Å². The summed E-state index contributed by atoms with van der Waals surface area (Å²) in [7, 11) is 0. The van der Waals surface area contributed by atoms with E-state index in [1.54, 1.807) is 12.3 Å². The molecule has 0 aliphatic carbocycles. The van der Waals surface area contributed by atoms with E-state index in [2.05, 4.69) is 39.0 Å². The second-order valence-corrected chi connectivity index (χ2v) is 7.21. The van der Waals surface area contributed by atoms with Crippen LogP contribution in [-0.2, 0) is 13.0 Å². The van der Waals surface area contributed by atoms with Crippen LogP contribution in [0.25, 0.3) is 11.6 Å². The predicted octanol–water partition coefficient (Wildman–Crippen LogP) is 3.29. The Morgan fingerprint density at radius 3 is 2.96 bits per heavy atom. The maximum atomic E-state index is 5.51. The third-order valence-corrected chi connectivity index (χ3v) is 4.50. The van der Waals surface area contributed by atoms with Gasteiger partial charge in [0.15, 0.2) is 11.6 Å². The lowest BCUT2D eigenvalue weighted by atomic mass is 9.98. The molecule has 0 unspecified atom stereocenters. The first-order chi connectivity index (χ1) is 12.7. The second kappa shape index (κ2) is 7.41. The summed E-state index contributed by atoms with van der Waals surface area (Å²) in [6.07, 6.45) is 4.57. The van der Waals surface area contributed by atoms with Gasteiger partial charge in [0, 0.05) is 13.0 Å². The van der Waals surface area contributed by atoms with Crippen molar-refractivity contribution in [3.63, 3.8) is 0 Å². The largest absolute Gasteiger partial charge is 0.461 e. The summed E-state index contributed by atoms with van der Waals surface area (Å²) in [5, 5.41) is 8.10. The van der Waals surface area contributed by atoms with Gasteiger partial charge >= 0.3 is 0 Å². The highest BCUT2D eigenvalue weighted by Crippen LogP contribution is 2.27. The predicted molar refractivity (Wildman–Crippen MR) is 92.1 cm³/mol. The number of piperidine rings is 1. The number of rotatable bonds is 6. The molecule has 0 bridgehead atoms. The molecular formula is C18H23N5O3. The molecule has 8 nitrogen and oxygen atoms in total. The Kier molecular flexibility index (Phi) is 4.83. The van der Waals surface area contributed by atoms with Crippen LogP contribution in [0.1, 0.15) is 50.2 Å². The summed E-state index contributed by atoms with van der Waals surface area (Å²) in [6, 6.07) is 3.62. The highest BCUT2D eigenvalue weighted by Gasteiger charge is 2.27. The van der Waals surface area contributed by atoms with Gasteiger partial charge in [-0.2, -0.15) is 9.97 Å². The van der Waals surface area contributed by atoms with Gasteiger partial charge in [-0.05, 0) is 37.4 Å². The van der Waals surface area contributed by atoms with Crippen molar-refractivity contribution in [2.24, 2.45) is 5.92 Å². The molecular weight excluding hydrogens is 334 g/mol. The summed E-state index contributed by atoms with van der Waals surface area (Å²) >= 11 is 0. The normalized spacial score (nSPS) is 18.7. The van der Waals surface area contributed by atoms with Gasteiger partial charge in [-0.3, -0.25) is 4.90 Å². The van der Waals surface area contributed by atoms with Crippen molar-refractivity contribution in [3.05, 3.63) is 36.0 Å². The molecule has 1 aliphatic heterocycles. The van der Waals surface area contributed by atoms with Gasteiger partial charge in [-0.1, -0.05) is 24.2 Å². The monoisotopic (exact) mass is 357 g/mol. The first-order valence-corrected chi connectivity index (χ1v) is 9.08. The molecule has 1 saturated heterocycles. The van der Waals surface area contributed by atoms with Gasteiger partial charge in [0.1, 0.15) is 0 Å². The zero-order valence-corrected chi connectivity index (χ0v) is 15.1. The highest BCUT2D eigenvalue weighted by molar-refractivity contribution is 5.44. The fourth-order valence-corrected chi connectivity index (χ4v) is 3.30. The molecule has 3 aromatic rings. The van der Waals surface area contributed by atoms with E-state index in [1.165, 1.54) is 0 Å². The Bertz CT molecular complexity index is 824. The molecule has 3 aromatic heterocycles. The number of likely N-dealkylation sites (tertiary alicyclic amines) is 1. The lowest BCUT2D eigenvalue weighted by molar-refractivity contribution is 0.162. The van der Waals surface area contributed by atoms with E-state index < -0.39 is 0 Å². The van der Waals surface area contributed by atoms with Crippen molar-refractivity contribution in [2.45, 2.75) is 45.6 Å². The third kappa shape index (κ3) is 3.85. The number of furan rings is 1. The van der Waals surface area contributed by atoms with Crippen LogP contribution < -0.4 is 0 Å². The Morgan fingerprint density at radius 1 is 1.23 bits per heavy atom. The molecule has 0 aromatic carbocycles. The molecule has 1 atom stereocenters.